The summed E-state index contributed by atoms with van der Waals surface area (Å²) in [5, 5.41) is 3.05. The van der Waals surface area contributed by atoms with Crippen LogP contribution in [0, 0.1) is 0 Å². The quantitative estimate of drug-likeness (QED) is 0.651. The molecule has 0 unspecified atom stereocenters. The molecular weight excluding hydrogens is 380 g/mol. The lowest BCUT2D eigenvalue weighted by molar-refractivity contribution is -0.134. The van der Waals surface area contributed by atoms with Crippen LogP contribution in [0.3, 0.4) is 0 Å². The van der Waals surface area contributed by atoms with Gasteiger partial charge in [-0.15, -0.1) is 22.7 Å². The average molecular weight is 401 g/mol. The van der Waals surface area contributed by atoms with Crippen molar-refractivity contribution in [3.8, 4) is 26.9 Å². The zero-order valence-electron chi connectivity index (χ0n) is 15.0. The van der Waals surface area contributed by atoms with Crippen LogP contribution in [0.2, 0.25) is 0 Å². The fraction of sp³-hybridized carbons (Fsp3) is 0.300. The minimum absolute atomic E-state index is 0.170. The molecule has 0 saturated carbocycles. The number of thiazole rings is 1. The molecule has 1 fully saturated rings. The van der Waals surface area contributed by atoms with Crippen LogP contribution in [-0.2, 0) is 16.0 Å². The fourth-order valence-electron chi connectivity index (χ4n) is 2.94. The van der Waals surface area contributed by atoms with E-state index in [0.29, 0.717) is 32.7 Å². The molecule has 1 saturated heterocycles. The van der Waals surface area contributed by atoms with Crippen molar-refractivity contribution in [2.75, 3.05) is 33.4 Å². The minimum Gasteiger partial charge on any atom is -0.497 e. The molecule has 1 aliphatic heterocycles. The molecule has 7 heteroatoms. The molecule has 2 aromatic heterocycles. The van der Waals surface area contributed by atoms with Gasteiger partial charge in [0.05, 0.1) is 37.3 Å². The summed E-state index contributed by atoms with van der Waals surface area (Å²) in [6, 6.07) is 12.0. The number of thiophene rings is 1. The number of aromatic nitrogens is 1. The summed E-state index contributed by atoms with van der Waals surface area (Å²) in [7, 11) is 1.66. The van der Waals surface area contributed by atoms with E-state index in [1.807, 2.05) is 35.2 Å². The first-order chi connectivity index (χ1) is 13.2. The predicted octanol–water partition coefficient (Wildman–Crippen LogP) is 3.95. The number of hydrogen-bond donors (Lipinski definition) is 0. The monoisotopic (exact) mass is 400 g/mol. The molecule has 1 aliphatic rings. The van der Waals surface area contributed by atoms with Crippen molar-refractivity contribution in [3.05, 3.63) is 46.7 Å². The topological polar surface area (TPSA) is 51.7 Å². The molecule has 0 N–H and O–H groups in total. The van der Waals surface area contributed by atoms with E-state index in [1.54, 1.807) is 29.8 Å². The van der Waals surface area contributed by atoms with Gasteiger partial charge >= 0.3 is 0 Å². The maximum atomic E-state index is 12.4. The summed E-state index contributed by atoms with van der Waals surface area (Å²) in [5.74, 6) is 1.01. The SMILES string of the molecule is COc1ccc(-c2nc(-c3ccc(CC(=O)N4CCOCC4)s3)cs2)cc1. The van der Waals surface area contributed by atoms with Gasteiger partial charge in [-0.1, -0.05) is 0 Å². The van der Waals surface area contributed by atoms with E-state index in [9.17, 15) is 4.79 Å². The third kappa shape index (κ3) is 4.21. The van der Waals surface area contributed by atoms with Crippen LogP contribution >= 0.6 is 22.7 Å². The second kappa shape index (κ2) is 8.21. The van der Waals surface area contributed by atoms with Crippen molar-refractivity contribution < 1.29 is 14.3 Å². The highest BCUT2D eigenvalue weighted by Crippen LogP contribution is 2.33. The number of carbonyl (C=O) groups excluding carboxylic acids is 1. The van der Waals surface area contributed by atoms with Crippen molar-refractivity contribution in [3.63, 3.8) is 0 Å². The molecule has 0 spiro atoms. The first kappa shape index (κ1) is 18.2. The van der Waals surface area contributed by atoms with Gasteiger partial charge in [-0.25, -0.2) is 4.98 Å². The Bertz CT molecular complexity index is 911. The minimum atomic E-state index is 0.170. The third-order valence-corrected chi connectivity index (χ3v) is 6.44. The van der Waals surface area contributed by atoms with Gasteiger partial charge in [0.25, 0.3) is 0 Å². The van der Waals surface area contributed by atoms with Gasteiger partial charge < -0.3 is 14.4 Å². The molecule has 4 rings (SSSR count). The molecule has 3 heterocycles. The number of morpholine rings is 1. The van der Waals surface area contributed by atoms with Gasteiger partial charge in [0, 0.05) is 28.9 Å². The Hall–Kier alpha value is -2.22. The molecule has 3 aromatic rings. The number of amides is 1. The smallest absolute Gasteiger partial charge is 0.227 e. The third-order valence-electron chi connectivity index (χ3n) is 4.44. The first-order valence-electron chi connectivity index (χ1n) is 8.77. The highest BCUT2D eigenvalue weighted by molar-refractivity contribution is 7.16. The maximum absolute atomic E-state index is 12.4. The Morgan fingerprint density at radius 3 is 2.70 bits per heavy atom. The lowest BCUT2D eigenvalue weighted by Crippen LogP contribution is -2.41. The lowest BCUT2D eigenvalue weighted by Gasteiger charge is -2.26. The molecule has 0 atom stereocenters. The molecule has 1 aromatic carbocycles. The van der Waals surface area contributed by atoms with E-state index < -0.39 is 0 Å². The standard InChI is InChI=1S/C20H20N2O3S2/c1-24-15-4-2-14(3-5-15)20-21-17(13-26-20)18-7-6-16(27-18)12-19(23)22-8-10-25-11-9-22/h2-7,13H,8-12H2,1H3. The average Bonchev–Trinajstić information content (AvgIpc) is 3.38. The first-order valence-corrected chi connectivity index (χ1v) is 10.5. The fourth-order valence-corrected chi connectivity index (χ4v) is 4.80. The van der Waals surface area contributed by atoms with Gasteiger partial charge in [0.2, 0.25) is 5.91 Å². The van der Waals surface area contributed by atoms with Crippen molar-refractivity contribution in [2.45, 2.75) is 6.42 Å². The number of carbonyl (C=O) groups is 1. The van der Waals surface area contributed by atoms with Crippen molar-refractivity contribution in [2.24, 2.45) is 0 Å². The van der Waals surface area contributed by atoms with Crippen molar-refractivity contribution in [1.29, 1.82) is 0 Å². The normalized spacial score (nSPS) is 14.3. The zero-order valence-corrected chi connectivity index (χ0v) is 16.6. The highest BCUT2D eigenvalue weighted by atomic mass is 32.1. The van der Waals surface area contributed by atoms with Gasteiger partial charge in [0.1, 0.15) is 10.8 Å². The zero-order chi connectivity index (χ0) is 18.6. The molecule has 0 radical (unpaired) electrons. The van der Waals surface area contributed by atoms with Crippen LogP contribution in [0.25, 0.3) is 21.1 Å². The van der Waals surface area contributed by atoms with Gasteiger partial charge in [0.15, 0.2) is 0 Å². The Labute approximate surface area is 166 Å². The number of hydrogen-bond acceptors (Lipinski definition) is 6. The van der Waals surface area contributed by atoms with Gasteiger partial charge in [-0.05, 0) is 36.4 Å². The summed E-state index contributed by atoms with van der Waals surface area (Å²) in [4.78, 5) is 21.2. The van der Waals surface area contributed by atoms with E-state index in [2.05, 4.69) is 11.4 Å². The summed E-state index contributed by atoms with van der Waals surface area (Å²) in [5.41, 5.74) is 2.03. The Balaban J connectivity index is 1.45. The van der Waals surface area contributed by atoms with Crippen LogP contribution in [-0.4, -0.2) is 49.2 Å². The van der Waals surface area contributed by atoms with Crippen LogP contribution in [0.1, 0.15) is 4.88 Å². The largest absolute Gasteiger partial charge is 0.497 e. The molecule has 1 amide bonds. The Kier molecular flexibility index (Phi) is 5.52. The van der Waals surface area contributed by atoms with Crippen LogP contribution in [0.15, 0.2) is 41.8 Å². The van der Waals surface area contributed by atoms with Crippen molar-refractivity contribution >= 4 is 28.6 Å². The highest BCUT2D eigenvalue weighted by Gasteiger charge is 2.18. The number of benzene rings is 1. The van der Waals surface area contributed by atoms with Gasteiger partial charge in [-0.2, -0.15) is 0 Å². The molecule has 140 valence electrons. The maximum Gasteiger partial charge on any atom is 0.227 e. The summed E-state index contributed by atoms with van der Waals surface area (Å²) < 4.78 is 10.5. The second-order valence-electron chi connectivity index (χ2n) is 6.20. The number of methoxy groups -OCH3 is 1. The number of ether oxygens (including phenoxy) is 2. The molecule has 0 bridgehead atoms. The summed E-state index contributed by atoms with van der Waals surface area (Å²) >= 11 is 3.26. The number of nitrogens with zero attached hydrogens (tertiary/aromatic N) is 2. The summed E-state index contributed by atoms with van der Waals surface area (Å²) in [6.45, 7) is 2.64. The van der Waals surface area contributed by atoms with E-state index in [4.69, 9.17) is 14.5 Å². The lowest BCUT2D eigenvalue weighted by atomic mass is 10.2. The van der Waals surface area contributed by atoms with Crippen molar-refractivity contribution in [1.82, 2.24) is 9.88 Å². The molecule has 5 nitrogen and oxygen atoms in total. The van der Waals surface area contributed by atoms with E-state index >= 15 is 0 Å². The Morgan fingerprint density at radius 1 is 1.19 bits per heavy atom. The van der Waals surface area contributed by atoms with E-state index in [0.717, 1.165) is 31.8 Å². The number of rotatable bonds is 5. The molecular formula is C20H20N2O3S2. The van der Waals surface area contributed by atoms with Gasteiger partial charge in [-0.3, -0.25) is 4.79 Å². The molecule has 27 heavy (non-hydrogen) atoms. The van der Waals surface area contributed by atoms with Crippen LogP contribution < -0.4 is 4.74 Å². The van der Waals surface area contributed by atoms with Crippen LogP contribution in [0.5, 0.6) is 5.75 Å². The second-order valence-corrected chi connectivity index (χ2v) is 8.23. The molecule has 0 aliphatic carbocycles. The summed E-state index contributed by atoms with van der Waals surface area (Å²) in [6.07, 6.45) is 0.445. The predicted molar refractivity (Wildman–Crippen MR) is 109 cm³/mol. The van der Waals surface area contributed by atoms with E-state index in [-0.39, 0.29) is 5.91 Å². The van der Waals surface area contributed by atoms with E-state index in [1.165, 1.54) is 0 Å². The van der Waals surface area contributed by atoms with Crippen LogP contribution in [0.4, 0.5) is 0 Å². The Morgan fingerprint density at radius 2 is 1.96 bits per heavy atom.